The van der Waals surface area contributed by atoms with Gasteiger partial charge >= 0.3 is 0 Å². The van der Waals surface area contributed by atoms with Gasteiger partial charge < -0.3 is 5.73 Å². The van der Waals surface area contributed by atoms with Crippen molar-refractivity contribution in [3.63, 3.8) is 0 Å². The quantitative estimate of drug-likeness (QED) is 0.859. The monoisotopic (exact) mass is 348 g/mol. The maximum Gasteiger partial charge on any atom is 0.244 e. The van der Waals surface area contributed by atoms with E-state index in [-0.39, 0.29) is 22.5 Å². The van der Waals surface area contributed by atoms with Gasteiger partial charge in [-0.2, -0.15) is 4.31 Å². The maximum atomic E-state index is 13.0. The predicted octanol–water partition coefficient (Wildman–Crippen LogP) is 3.02. The molecule has 2 fully saturated rings. The molecule has 3 rings (SSSR count). The summed E-state index contributed by atoms with van der Waals surface area (Å²) in [6.45, 7) is 0.752. The molecule has 1 aromatic rings. The minimum atomic E-state index is -3.62. The highest BCUT2D eigenvalue weighted by Gasteiger charge is 2.42. The Morgan fingerprint density at radius 1 is 1.19 bits per heavy atom. The van der Waals surface area contributed by atoms with Crippen LogP contribution < -0.4 is 5.73 Å². The highest BCUT2D eigenvalue weighted by Crippen LogP contribution is 2.40. The number of nitrogens with zero attached hydrogens (tertiary/aromatic N) is 1. The summed E-state index contributed by atoms with van der Waals surface area (Å²) in [5.41, 5.74) is 6.18. The summed E-state index contributed by atoms with van der Waals surface area (Å²) in [5.74, 6) is 0.493. The van der Waals surface area contributed by atoms with Crippen molar-refractivity contribution in [1.29, 1.82) is 0 Å². The summed E-state index contributed by atoms with van der Waals surface area (Å²) in [4.78, 5) is 0.0877. The van der Waals surface area contributed by atoms with E-state index in [4.69, 9.17) is 28.9 Å². The second-order valence-corrected chi connectivity index (χ2v) is 8.50. The van der Waals surface area contributed by atoms with E-state index in [1.54, 1.807) is 10.4 Å². The van der Waals surface area contributed by atoms with Crippen LogP contribution in [0.4, 0.5) is 0 Å². The Bertz CT molecular complexity index is 655. The van der Waals surface area contributed by atoms with Crippen molar-refractivity contribution in [2.45, 2.75) is 43.2 Å². The Morgan fingerprint density at radius 3 is 2.38 bits per heavy atom. The van der Waals surface area contributed by atoms with E-state index in [1.165, 1.54) is 6.07 Å². The third-order valence-electron chi connectivity index (χ3n) is 3.98. The molecule has 1 aromatic carbocycles. The third-order valence-corrected chi connectivity index (χ3v) is 6.69. The zero-order valence-corrected chi connectivity index (χ0v) is 13.9. The molecule has 2 aliphatic rings. The molecule has 0 spiro atoms. The standard InChI is InChI=1S/C14H18Cl2N2O2S/c15-11-5-10(7-17)14(16)13(6-11)21(19,20)18(12-3-4-12)8-9-1-2-9/h5-6,9,12H,1-4,7-8,17H2. The van der Waals surface area contributed by atoms with Gasteiger partial charge in [-0.05, 0) is 49.3 Å². The Hall–Kier alpha value is -0.330. The van der Waals surface area contributed by atoms with Crippen molar-refractivity contribution >= 4 is 33.2 Å². The predicted molar refractivity (Wildman–Crippen MR) is 84.0 cm³/mol. The van der Waals surface area contributed by atoms with Crippen LogP contribution in [0.3, 0.4) is 0 Å². The molecule has 116 valence electrons. The molecule has 0 bridgehead atoms. The fourth-order valence-electron chi connectivity index (χ4n) is 2.44. The van der Waals surface area contributed by atoms with Gasteiger partial charge in [-0.25, -0.2) is 8.42 Å². The Kier molecular flexibility index (Phi) is 4.23. The Labute approximate surface area is 135 Å². The summed E-state index contributed by atoms with van der Waals surface area (Å²) in [6, 6.07) is 3.17. The van der Waals surface area contributed by atoms with Crippen molar-refractivity contribution in [3.8, 4) is 0 Å². The van der Waals surface area contributed by atoms with E-state index >= 15 is 0 Å². The molecule has 2 saturated carbocycles. The van der Waals surface area contributed by atoms with Crippen LogP contribution in [0.15, 0.2) is 17.0 Å². The normalized spacial score (nSPS) is 19.2. The second kappa shape index (κ2) is 5.70. The molecule has 2 aliphatic carbocycles. The van der Waals surface area contributed by atoms with E-state index in [0.29, 0.717) is 23.0 Å². The lowest BCUT2D eigenvalue weighted by Gasteiger charge is -2.23. The topological polar surface area (TPSA) is 63.4 Å². The van der Waals surface area contributed by atoms with Gasteiger partial charge in [-0.1, -0.05) is 23.2 Å². The zero-order valence-electron chi connectivity index (χ0n) is 11.6. The highest BCUT2D eigenvalue weighted by molar-refractivity contribution is 7.89. The van der Waals surface area contributed by atoms with E-state index in [2.05, 4.69) is 0 Å². The summed E-state index contributed by atoms with van der Waals surface area (Å²) in [5, 5.41) is 0.545. The van der Waals surface area contributed by atoms with E-state index < -0.39 is 10.0 Å². The maximum absolute atomic E-state index is 13.0. The molecular weight excluding hydrogens is 331 g/mol. The number of benzene rings is 1. The van der Waals surface area contributed by atoms with Gasteiger partial charge in [0.1, 0.15) is 4.90 Å². The summed E-state index contributed by atoms with van der Waals surface area (Å²) in [6.07, 6.45) is 4.06. The summed E-state index contributed by atoms with van der Waals surface area (Å²) >= 11 is 12.3. The van der Waals surface area contributed by atoms with Gasteiger partial charge in [-0.15, -0.1) is 0 Å². The molecule has 7 heteroatoms. The minimum Gasteiger partial charge on any atom is -0.326 e. The van der Waals surface area contributed by atoms with Crippen molar-refractivity contribution in [3.05, 3.63) is 27.7 Å². The smallest absolute Gasteiger partial charge is 0.244 e. The first-order valence-electron chi connectivity index (χ1n) is 7.13. The van der Waals surface area contributed by atoms with Crippen molar-refractivity contribution < 1.29 is 8.42 Å². The number of sulfonamides is 1. The lowest BCUT2D eigenvalue weighted by atomic mass is 10.2. The number of rotatable bonds is 6. The lowest BCUT2D eigenvalue weighted by Crippen LogP contribution is -2.35. The molecule has 2 N–H and O–H groups in total. The fourth-order valence-corrected chi connectivity index (χ4v) is 5.12. The highest BCUT2D eigenvalue weighted by atomic mass is 35.5. The number of hydrogen-bond acceptors (Lipinski definition) is 3. The molecule has 0 aromatic heterocycles. The fraction of sp³-hybridized carbons (Fsp3) is 0.571. The van der Waals surface area contributed by atoms with Gasteiger partial charge in [-0.3, -0.25) is 0 Å². The van der Waals surface area contributed by atoms with Gasteiger partial charge in [0.05, 0.1) is 5.02 Å². The third kappa shape index (κ3) is 3.22. The molecule has 21 heavy (non-hydrogen) atoms. The van der Waals surface area contributed by atoms with Crippen LogP contribution in [-0.2, 0) is 16.6 Å². The summed E-state index contributed by atoms with van der Waals surface area (Å²) in [7, 11) is -3.62. The van der Waals surface area contributed by atoms with Crippen molar-refractivity contribution in [2.24, 2.45) is 11.7 Å². The van der Waals surface area contributed by atoms with Crippen LogP contribution in [0.25, 0.3) is 0 Å². The molecule has 0 radical (unpaired) electrons. The zero-order chi connectivity index (χ0) is 15.2. The molecule has 0 amide bonds. The Balaban J connectivity index is 2.01. The number of hydrogen-bond donors (Lipinski definition) is 1. The molecule has 0 unspecified atom stereocenters. The van der Waals surface area contributed by atoms with Crippen LogP contribution in [-0.4, -0.2) is 25.3 Å². The first-order valence-corrected chi connectivity index (χ1v) is 9.33. The van der Waals surface area contributed by atoms with Gasteiger partial charge in [0.2, 0.25) is 10.0 Å². The second-order valence-electron chi connectivity index (χ2n) is 5.83. The van der Waals surface area contributed by atoms with Crippen LogP contribution in [0, 0.1) is 5.92 Å². The number of nitrogens with two attached hydrogens (primary N) is 1. The molecule has 0 atom stereocenters. The SMILES string of the molecule is NCc1cc(Cl)cc(S(=O)(=O)N(CC2CC2)C2CC2)c1Cl. The molecule has 4 nitrogen and oxygen atoms in total. The first-order chi connectivity index (χ1) is 9.93. The first kappa shape index (κ1) is 15.6. The lowest BCUT2D eigenvalue weighted by molar-refractivity contribution is 0.389. The molecular formula is C14H18Cl2N2O2S. The molecule has 0 heterocycles. The van der Waals surface area contributed by atoms with Gasteiger partial charge in [0.15, 0.2) is 0 Å². The van der Waals surface area contributed by atoms with Crippen LogP contribution in [0.1, 0.15) is 31.2 Å². The molecule has 0 saturated heterocycles. The van der Waals surface area contributed by atoms with Gasteiger partial charge in [0.25, 0.3) is 0 Å². The van der Waals surface area contributed by atoms with Crippen molar-refractivity contribution in [1.82, 2.24) is 4.31 Å². The average molecular weight is 349 g/mol. The average Bonchev–Trinajstić information content (AvgIpc) is 3.30. The van der Waals surface area contributed by atoms with E-state index in [9.17, 15) is 8.42 Å². The largest absolute Gasteiger partial charge is 0.326 e. The minimum absolute atomic E-state index is 0.0877. The van der Waals surface area contributed by atoms with E-state index in [0.717, 1.165) is 25.7 Å². The van der Waals surface area contributed by atoms with Crippen molar-refractivity contribution in [2.75, 3.05) is 6.54 Å². The summed E-state index contributed by atoms with van der Waals surface area (Å²) < 4.78 is 27.5. The van der Waals surface area contributed by atoms with Crippen LogP contribution >= 0.6 is 23.2 Å². The van der Waals surface area contributed by atoms with E-state index in [1.807, 2.05) is 0 Å². The molecule has 0 aliphatic heterocycles. The van der Waals surface area contributed by atoms with Crippen LogP contribution in [0.5, 0.6) is 0 Å². The Morgan fingerprint density at radius 2 is 1.86 bits per heavy atom. The number of halogens is 2. The van der Waals surface area contributed by atoms with Crippen LogP contribution in [0.2, 0.25) is 10.0 Å². The van der Waals surface area contributed by atoms with Gasteiger partial charge in [0, 0.05) is 24.2 Å².